The van der Waals surface area contributed by atoms with Crippen molar-refractivity contribution >= 4 is 34.8 Å². The van der Waals surface area contributed by atoms with E-state index in [0.29, 0.717) is 5.02 Å². The van der Waals surface area contributed by atoms with Crippen molar-refractivity contribution in [1.82, 2.24) is 10.6 Å². The van der Waals surface area contributed by atoms with Gasteiger partial charge in [0.25, 0.3) is 0 Å². The molecule has 0 bridgehead atoms. The number of rotatable bonds is 6. The van der Waals surface area contributed by atoms with E-state index in [0.717, 1.165) is 10.4 Å². The fourth-order valence-electron chi connectivity index (χ4n) is 2.30. The Labute approximate surface area is 144 Å². The van der Waals surface area contributed by atoms with Gasteiger partial charge in [0.05, 0.1) is 18.5 Å². The van der Waals surface area contributed by atoms with E-state index in [-0.39, 0.29) is 30.3 Å². The van der Waals surface area contributed by atoms with Crippen LogP contribution >= 0.6 is 22.9 Å². The summed E-state index contributed by atoms with van der Waals surface area (Å²) in [4.78, 5) is 24.6. The van der Waals surface area contributed by atoms with Crippen molar-refractivity contribution in [2.75, 3.05) is 0 Å². The van der Waals surface area contributed by atoms with Gasteiger partial charge in [-0.1, -0.05) is 29.8 Å². The Kier molecular flexibility index (Phi) is 6.19. The van der Waals surface area contributed by atoms with E-state index in [2.05, 4.69) is 10.6 Å². The summed E-state index contributed by atoms with van der Waals surface area (Å²) in [5.74, 6) is -0.274. The third kappa shape index (κ3) is 5.37. The molecule has 122 valence electrons. The average Bonchev–Trinajstić information content (AvgIpc) is 3.00. The van der Waals surface area contributed by atoms with Crippen LogP contribution in [-0.2, 0) is 9.59 Å². The van der Waals surface area contributed by atoms with Crippen molar-refractivity contribution in [2.24, 2.45) is 0 Å². The van der Waals surface area contributed by atoms with Gasteiger partial charge in [-0.3, -0.25) is 9.59 Å². The lowest BCUT2D eigenvalue weighted by molar-refractivity contribution is -0.123. The molecule has 2 atom stereocenters. The lowest BCUT2D eigenvalue weighted by Gasteiger charge is -2.19. The van der Waals surface area contributed by atoms with E-state index in [4.69, 9.17) is 11.6 Å². The molecule has 0 saturated carbocycles. The van der Waals surface area contributed by atoms with Crippen LogP contribution in [-0.4, -0.2) is 11.8 Å². The Bertz CT molecular complexity index is 673. The van der Waals surface area contributed by atoms with Gasteiger partial charge in [0.2, 0.25) is 11.8 Å². The highest BCUT2D eigenvalue weighted by Gasteiger charge is 2.19. The first kappa shape index (κ1) is 17.5. The molecular weight excluding hydrogens is 332 g/mol. The number of benzene rings is 1. The third-order valence-corrected chi connectivity index (χ3v) is 4.60. The first-order chi connectivity index (χ1) is 11.0. The average molecular weight is 351 g/mol. The van der Waals surface area contributed by atoms with Gasteiger partial charge < -0.3 is 10.6 Å². The minimum absolute atomic E-state index is 0.121. The predicted molar refractivity (Wildman–Crippen MR) is 93.5 cm³/mol. The lowest BCUT2D eigenvalue weighted by Crippen LogP contribution is -2.33. The summed E-state index contributed by atoms with van der Waals surface area (Å²) >= 11 is 7.50. The molecule has 1 heterocycles. The number of amides is 2. The predicted octanol–water partition coefficient (Wildman–Crippen LogP) is 3.85. The summed E-state index contributed by atoms with van der Waals surface area (Å²) < 4.78 is 0. The zero-order valence-corrected chi connectivity index (χ0v) is 14.6. The molecule has 6 heteroatoms. The van der Waals surface area contributed by atoms with Crippen molar-refractivity contribution in [3.63, 3.8) is 0 Å². The quantitative estimate of drug-likeness (QED) is 0.831. The number of thiophene rings is 1. The van der Waals surface area contributed by atoms with Crippen molar-refractivity contribution < 1.29 is 9.59 Å². The zero-order chi connectivity index (χ0) is 16.8. The van der Waals surface area contributed by atoms with Gasteiger partial charge in [0, 0.05) is 16.8 Å². The molecule has 0 aliphatic carbocycles. The minimum Gasteiger partial charge on any atom is -0.350 e. The zero-order valence-electron chi connectivity index (χ0n) is 13.0. The topological polar surface area (TPSA) is 58.2 Å². The van der Waals surface area contributed by atoms with E-state index in [1.54, 1.807) is 6.07 Å². The van der Waals surface area contributed by atoms with Crippen molar-refractivity contribution in [1.29, 1.82) is 0 Å². The summed E-state index contributed by atoms with van der Waals surface area (Å²) in [6, 6.07) is 10.8. The standard InChI is InChI=1S/C17H19ClN2O2S/c1-11(13-5-3-6-14(18)9-13)19-17(22)10-15(20-12(2)21)16-7-4-8-23-16/h3-9,11,15H,10H2,1-2H3,(H,19,22)(H,20,21)/t11-,15+/m0/s1. The van der Waals surface area contributed by atoms with Gasteiger partial charge in [-0.15, -0.1) is 11.3 Å². The maximum atomic E-state index is 12.3. The summed E-state index contributed by atoms with van der Waals surface area (Å²) in [6.45, 7) is 3.36. The van der Waals surface area contributed by atoms with Gasteiger partial charge in [-0.25, -0.2) is 0 Å². The number of hydrogen-bond acceptors (Lipinski definition) is 3. The molecule has 0 saturated heterocycles. The van der Waals surface area contributed by atoms with Gasteiger partial charge in [0.1, 0.15) is 0 Å². The van der Waals surface area contributed by atoms with Gasteiger partial charge in [-0.2, -0.15) is 0 Å². The number of carbonyl (C=O) groups is 2. The highest BCUT2D eigenvalue weighted by Crippen LogP contribution is 2.23. The molecule has 2 rings (SSSR count). The second-order valence-corrected chi connectivity index (χ2v) is 6.73. The lowest BCUT2D eigenvalue weighted by atomic mass is 10.1. The SMILES string of the molecule is CC(=O)N[C@H](CC(=O)N[C@@H](C)c1cccc(Cl)c1)c1cccs1. The van der Waals surface area contributed by atoms with Crippen LogP contribution in [0.1, 0.15) is 42.8 Å². The number of halogens is 1. The number of hydrogen-bond donors (Lipinski definition) is 2. The van der Waals surface area contributed by atoms with Crippen LogP contribution in [0.3, 0.4) is 0 Å². The van der Waals surface area contributed by atoms with Gasteiger partial charge >= 0.3 is 0 Å². The van der Waals surface area contributed by atoms with E-state index >= 15 is 0 Å². The molecule has 1 aromatic heterocycles. The molecule has 2 amide bonds. The van der Waals surface area contributed by atoms with Crippen molar-refractivity contribution in [3.8, 4) is 0 Å². The van der Waals surface area contributed by atoms with Crippen LogP contribution in [0, 0.1) is 0 Å². The first-order valence-electron chi connectivity index (χ1n) is 7.31. The molecule has 23 heavy (non-hydrogen) atoms. The van der Waals surface area contributed by atoms with E-state index < -0.39 is 0 Å². The maximum absolute atomic E-state index is 12.3. The first-order valence-corrected chi connectivity index (χ1v) is 8.57. The summed E-state index contributed by atoms with van der Waals surface area (Å²) in [5.41, 5.74) is 0.943. The molecule has 0 aliphatic rings. The normalized spacial score (nSPS) is 13.2. The third-order valence-electron chi connectivity index (χ3n) is 3.38. The Morgan fingerprint density at radius 2 is 2.00 bits per heavy atom. The Morgan fingerprint density at radius 1 is 1.22 bits per heavy atom. The van der Waals surface area contributed by atoms with Crippen LogP contribution in [0.4, 0.5) is 0 Å². The number of nitrogens with one attached hydrogen (secondary N) is 2. The monoisotopic (exact) mass is 350 g/mol. The Balaban J connectivity index is 2.00. The van der Waals surface area contributed by atoms with Gasteiger partial charge in [-0.05, 0) is 36.1 Å². The fourth-order valence-corrected chi connectivity index (χ4v) is 3.28. The molecule has 0 unspecified atom stereocenters. The van der Waals surface area contributed by atoms with Crippen molar-refractivity contribution in [2.45, 2.75) is 32.4 Å². The summed E-state index contributed by atoms with van der Waals surface area (Å²) in [6.07, 6.45) is 0.199. The largest absolute Gasteiger partial charge is 0.350 e. The fraction of sp³-hybridized carbons (Fsp3) is 0.294. The maximum Gasteiger partial charge on any atom is 0.222 e. The van der Waals surface area contributed by atoms with E-state index in [1.165, 1.54) is 18.3 Å². The van der Waals surface area contributed by atoms with Crippen LogP contribution in [0.5, 0.6) is 0 Å². The molecule has 0 spiro atoms. The molecule has 0 aliphatic heterocycles. The highest BCUT2D eigenvalue weighted by molar-refractivity contribution is 7.10. The van der Waals surface area contributed by atoms with Gasteiger partial charge in [0.15, 0.2) is 0 Å². The Morgan fingerprint density at radius 3 is 2.61 bits per heavy atom. The van der Waals surface area contributed by atoms with Crippen molar-refractivity contribution in [3.05, 3.63) is 57.2 Å². The second-order valence-electron chi connectivity index (χ2n) is 5.32. The minimum atomic E-state index is -0.306. The van der Waals surface area contributed by atoms with Crippen LogP contribution in [0.15, 0.2) is 41.8 Å². The summed E-state index contributed by atoms with van der Waals surface area (Å²) in [5, 5.41) is 8.33. The van der Waals surface area contributed by atoms with Crippen LogP contribution in [0.25, 0.3) is 0 Å². The molecule has 2 N–H and O–H groups in total. The van der Waals surface area contributed by atoms with Crippen LogP contribution < -0.4 is 10.6 Å². The molecule has 0 fully saturated rings. The summed E-state index contributed by atoms with van der Waals surface area (Å²) in [7, 11) is 0. The molecule has 2 aromatic rings. The molecule has 4 nitrogen and oxygen atoms in total. The van der Waals surface area contributed by atoms with Crippen LogP contribution in [0.2, 0.25) is 5.02 Å². The highest BCUT2D eigenvalue weighted by atomic mass is 35.5. The molecular formula is C17H19ClN2O2S. The van der Waals surface area contributed by atoms with E-state index in [1.807, 2.05) is 42.6 Å². The van der Waals surface area contributed by atoms with E-state index in [9.17, 15) is 9.59 Å². The smallest absolute Gasteiger partial charge is 0.222 e. The molecule has 0 radical (unpaired) electrons. The molecule has 1 aromatic carbocycles. The Hall–Kier alpha value is -1.85. The number of carbonyl (C=O) groups excluding carboxylic acids is 2. The second kappa shape index (κ2) is 8.13.